The molecule has 7 nitrogen and oxygen atoms in total. The third-order valence-corrected chi connectivity index (χ3v) is 5.70. The van der Waals surface area contributed by atoms with E-state index in [2.05, 4.69) is 21.2 Å². The summed E-state index contributed by atoms with van der Waals surface area (Å²) >= 11 is 3.25. The number of hydrogen-bond acceptors (Lipinski definition) is 5. The number of benzene rings is 2. The van der Waals surface area contributed by atoms with Gasteiger partial charge in [-0.1, -0.05) is 12.1 Å². The molecule has 0 saturated heterocycles. The molecule has 0 aliphatic heterocycles. The number of aromatic nitrogens is 1. The first-order chi connectivity index (χ1) is 15.7. The van der Waals surface area contributed by atoms with E-state index in [9.17, 15) is 18.4 Å². The minimum Gasteiger partial charge on any atom is -0.487 e. The molecule has 2 aromatic carbocycles. The van der Waals surface area contributed by atoms with Crippen LogP contribution in [0, 0.1) is 18.6 Å². The molecule has 33 heavy (non-hydrogen) atoms. The fourth-order valence-electron chi connectivity index (χ4n) is 3.16. The van der Waals surface area contributed by atoms with E-state index in [0.717, 1.165) is 17.7 Å². The lowest BCUT2D eigenvalue weighted by Crippen LogP contribution is -2.43. The lowest BCUT2D eigenvalue weighted by Gasteiger charge is -2.16. The summed E-state index contributed by atoms with van der Waals surface area (Å²) in [6, 6.07) is 11.0. The van der Waals surface area contributed by atoms with Gasteiger partial charge in [-0.25, -0.2) is 8.78 Å². The monoisotopic (exact) mass is 521 g/mol. The molecule has 0 aliphatic rings. The van der Waals surface area contributed by atoms with Gasteiger partial charge < -0.3 is 15.6 Å². The summed E-state index contributed by atoms with van der Waals surface area (Å²) in [6.07, 6.45) is 0. The summed E-state index contributed by atoms with van der Waals surface area (Å²) in [5, 5.41) is 12.0. The minimum atomic E-state index is -0.846. The van der Waals surface area contributed by atoms with Crippen LogP contribution < -0.4 is 21.3 Å². The van der Waals surface area contributed by atoms with Crippen molar-refractivity contribution < 1.29 is 23.4 Å². The van der Waals surface area contributed by atoms with Gasteiger partial charge in [-0.15, -0.1) is 0 Å². The summed E-state index contributed by atoms with van der Waals surface area (Å²) in [4.78, 5) is 24.2. The summed E-state index contributed by atoms with van der Waals surface area (Å²) in [6.45, 7) is 1.46. The van der Waals surface area contributed by atoms with Gasteiger partial charge >= 0.3 is 0 Å². The van der Waals surface area contributed by atoms with Gasteiger partial charge in [0.1, 0.15) is 34.5 Å². The smallest absolute Gasteiger partial charge is 0.273 e. The summed E-state index contributed by atoms with van der Waals surface area (Å²) in [7, 11) is 0. The van der Waals surface area contributed by atoms with Crippen LogP contribution in [-0.2, 0) is 17.9 Å². The van der Waals surface area contributed by atoms with Crippen molar-refractivity contribution in [3.05, 3.63) is 91.8 Å². The predicted molar refractivity (Wildman–Crippen MR) is 122 cm³/mol. The van der Waals surface area contributed by atoms with E-state index in [4.69, 9.17) is 15.6 Å². The zero-order valence-electron chi connectivity index (χ0n) is 17.6. The topological polar surface area (TPSA) is 107 Å². The summed E-state index contributed by atoms with van der Waals surface area (Å²) < 4.78 is 34.2. The van der Waals surface area contributed by atoms with Gasteiger partial charge in [0.2, 0.25) is 5.91 Å². The number of hydrogen-bond donors (Lipinski definition) is 3. The van der Waals surface area contributed by atoms with Crippen LogP contribution in [0.15, 0.2) is 57.8 Å². The van der Waals surface area contributed by atoms with Crippen LogP contribution in [-0.4, -0.2) is 28.2 Å². The van der Waals surface area contributed by atoms with E-state index in [1.54, 1.807) is 37.3 Å². The molecule has 3 aromatic rings. The van der Waals surface area contributed by atoms with Crippen LogP contribution >= 0.6 is 15.9 Å². The van der Waals surface area contributed by atoms with Crippen LogP contribution in [0.2, 0.25) is 0 Å². The second-order valence-electron chi connectivity index (χ2n) is 7.31. The highest BCUT2D eigenvalue weighted by Gasteiger charge is 2.15. The number of nitrogens with zero attached hydrogens (tertiary/aromatic N) is 1. The fraction of sp³-hybridized carbons (Fsp3) is 0.217. The van der Waals surface area contributed by atoms with Gasteiger partial charge in [-0.3, -0.25) is 19.5 Å². The van der Waals surface area contributed by atoms with Crippen molar-refractivity contribution in [2.24, 2.45) is 5.73 Å². The van der Waals surface area contributed by atoms with Gasteiger partial charge in [0.25, 0.3) is 5.56 Å². The first kappa shape index (κ1) is 24.6. The van der Waals surface area contributed by atoms with E-state index in [1.165, 1.54) is 10.6 Å². The second-order valence-corrected chi connectivity index (χ2v) is 8.11. The van der Waals surface area contributed by atoms with Crippen LogP contribution in [0.25, 0.3) is 5.69 Å². The Morgan fingerprint density at radius 2 is 1.91 bits per heavy atom. The fourth-order valence-corrected chi connectivity index (χ4v) is 3.57. The number of halogens is 3. The number of primary amides is 1. The molecule has 10 heteroatoms. The predicted octanol–water partition coefficient (Wildman–Crippen LogP) is 2.70. The number of nitrogens with two attached hydrogens (primary N) is 1. The summed E-state index contributed by atoms with van der Waals surface area (Å²) in [5.74, 6) is -1.82. The SMILES string of the molecule is Cc1cc(OCc2ccc(F)cc2F)c(Br)c(=O)n1-c1ccc(CNC(CO)C(N)=O)cc1. The Morgan fingerprint density at radius 1 is 1.21 bits per heavy atom. The Balaban J connectivity index is 1.78. The average Bonchev–Trinajstić information content (AvgIpc) is 2.77. The van der Waals surface area contributed by atoms with Crippen LogP contribution in [0.3, 0.4) is 0 Å². The average molecular weight is 522 g/mol. The van der Waals surface area contributed by atoms with Gasteiger partial charge in [-0.05, 0) is 52.7 Å². The molecule has 1 amide bonds. The molecule has 1 heterocycles. The highest BCUT2D eigenvalue weighted by Crippen LogP contribution is 2.25. The molecule has 174 valence electrons. The molecule has 0 aliphatic carbocycles. The Kier molecular flexibility index (Phi) is 7.96. The number of ether oxygens (including phenoxy) is 1. The van der Waals surface area contributed by atoms with E-state index in [0.29, 0.717) is 17.9 Å². The number of rotatable bonds is 9. The Bertz CT molecular complexity index is 1220. The number of aryl methyl sites for hydroxylation is 1. The van der Waals surface area contributed by atoms with E-state index >= 15 is 0 Å². The van der Waals surface area contributed by atoms with Gasteiger partial charge in [0.05, 0.1) is 6.61 Å². The standard InChI is InChI=1S/C23H22BrF2N3O4/c1-13-8-20(33-12-15-4-5-16(25)9-18(15)26)21(24)23(32)29(13)17-6-2-14(3-7-17)10-28-19(11-30)22(27)31/h2-9,19,28,30H,10-12H2,1H3,(H2,27,31). The molecular weight excluding hydrogens is 500 g/mol. The van der Waals surface area contributed by atoms with Crippen molar-refractivity contribution in [2.45, 2.75) is 26.1 Å². The number of carbonyl (C=O) groups excluding carboxylic acids is 1. The third-order valence-electron chi connectivity index (χ3n) is 4.97. The highest BCUT2D eigenvalue weighted by molar-refractivity contribution is 9.10. The molecular formula is C23H22BrF2N3O4. The van der Waals surface area contributed by atoms with E-state index in [-0.39, 0.29) is 28.0 Å². The van der Waals surface area contributed by atoms with Crippen LogP contribution in [0.1, 0.15) is 16.8 Å². The molecule has 0 spiro atoms. The number of amides is 1. The first-order valence-electron chi connectivity index (χ1n) is 9.93. The molecule has 0 fully saturated rings. The molecule has 0 saturated carbocycles. The third kappa shape index (κ3) is 5.84. The van der Waals surface area contributed by atoms with Gasteiger partial charge in [0, 0.05) is 35.6 Å². The van der Waals surface area contributed by atoms with Crippen molar-refractivity contribution in [2.75, 3.05) is 6.61 Å². The number of carbonyl (C=O) groups is 1. The van der Waals surface area contributed by atoms with E-state index in [1.807, 2.05) is 0 Å². The quantitative estimate of drug-likeness (QED) is 0.401. The summed E-state index contributed by atoms with van der Waals surface area (Å²) in [5.41, 5.74) is 6.99. The maximum atomic E-state index is 13.9. The first-order valence-corrected chi connectivity index (χ1v) is 10.7. The Hall–Kier alpha value is -3.08. The Morgan fingerprint density at radius 3 is 2.52 bits per heavy atom. The van der Waals surface area contributed by atoms with Crippen molar-refractivity contribution in [3.63, 3.8) is 0 Å². The maximum Gasteiger partial charge on any atom is 0.273 e. The molecule has 0 bridgehead atoms. The van der Waals surface area contributed by atoms with Gasteiger partial charge in [-0.2, -0.15) is 0 Å². The van der Waals surface area contributed by atoms with Crippen molar-refractivity contribution >= 4 is 21.8 Å². The minimum absolute atomic E-state index is 0.161. The number of pyridine rings is 1. The molecule has 0 radical (unpaired) electrons. The molecule has 1 unspecified atom stereocenters. The maximum absolute atomic E-state index is 13.9. The second kappa shape index (κ2) is 10.7. The zero-order chi connectivity index (χ0) is 24.1. The van der Waals surface area contributed by atoms with Crippen molar-refractivity contribution in [1.29, 1.82) is 0 Å². The highest BCUT2D eigenvalue weighted by atomic mass is 79.9. The molecule has 4 N–H and O–H groups in total. The van der Waals surface area contributed by atoms with Crippen LogP contribution in [0.5, 0.6) is 5.75 Å². The van der Waals surface area contributed by atoms with Crippen molar-refractivity contribution in [1.82, 2.24) is 9.88 Å². The lowest BCUT2D eigenvalue weighted by molar-refractivity contribution is -0.120. The number of aliphatic hydroxyl groups excluding tert-OH is 1. The van der Waals surface area contributed by atoms with Crippen molar-refractivity contribution in [3.8, 4) is 11.4 Å². The van der Waals surface area contributed by atoms with E-state index < -0.39 is 30.2 Å². The number of nitrogens with one attached hydrogen (secondary N) is 1. The molecule has 3 rings (SSSR count). The van der Waals surface area contributed by atoms with Crippen LogP contribution in [0.4, 0.5) is 8.78 Å². The van der Waals surface area contributed by atoms with Gasteiger partial charge in [0.15, 0.2) is 0 Å². The Labute approximate surface area is 196 Å². The molecule has 1 atom stereocenters. The largest absolute Gasteiger partial charge is 0.487 e. The normalized spacial score (nSPS) is 11.9. The zero-order valence-corrected chi connectivity index (χ0v) is 19.2. The lowest BCUT2D eigenvalue weighted by atomic mass is 10.1. The number of aliphatic hydroxyl groups is 1. The molecule has 1 aromatic heterocycles.